The molecule has 6 heteroatoms. The van der Waals surface area contributed by atoms with Crippen LogP contribution in [0, 0.1) is 0 Å². The molecule has 0 spiro atoms. The molecule has 0 radical (unpaired) electrons. The molecule has 136 valence electrons. The Morgan fingerprint density at radius 2 is 1.96 bits per heavy atom. The summed E-state index contributed by atoms with van der Waals surface area (Å²) in [5, 5.41) is 6.30. The van der Waals surface area contributed by atoms with Crippen LogP contribution in [0.5, 0.6) is 5.75 Å². The van der Waals surface area contributed by atoms with Crippen LogP contribution in [0.1, 0.15) is 33.6 Å². The Morgan fingerprint density at radius 1 is 1.19 bits per heavy atom. The fourth-order valence-corrected chi connectivity index (χ4v) is 4.28. The minimum Gasteiger partial charge on any atom is -0.484 e. The van der Waals surface area contributed by atoms with Crippen LogP contribution < -0.4 is 15.4 Å². The van der Waals surface area contributed by atoms with Crippen molar-refractivity contribution >= 4 is 28.2 Å². The lowest BCUT2D eigenvalue weighted by Crippen LogP contribution is -2.26. The number of hydrogen-bond donors (Lipinski definition) is 2. The van der Waals surface area contributed by atoms with E-state index in [0.717, 1.165) is 31.2 Å². The second kappa shape index (κ2) is 8.67. The molecule has 3 rings (SSSR count). The van der Waals surface area contributed by atoms with Crippen LogP contribution >= 0.6 is 11.3 Å². The number of benzene rings is 1. The molecule has 0 saturated carbocycles. The zero-order valence-electron chi connectivity index (χ0n) is 14.5. The number of carbonyl (C=O) groups is 2. The van der Waals surface area contributed by atoms with E-state index in [0.29, 0.717) is 22.9 Å². The van der Waals surface area contributed by atoms with Crippen molar-refractivity contribution in [3.63, 3.8) is 0 Å². The fraction of sp³-hybridized carbons (Fsp3) is 0.300. The normalized spacial score (nSPS) is 12.8. The van der Waals surface area contributed by atoms with Gasteiger partial charge in [-0.25, -0.2) is 0 Å². The topological polar surface area (TPSA) is 67.4 Å². The van der Waals surface area contributed by atoms with Crippen molar-refractivity contribution in [3.05, 3.63) is 59.0 Å². The quantitative estimate of drug-likeness (QED) is 0.733. The maximum atomic E-state index is 12.6. The number of ether oxygens (including phenoxy) is 1. The van der Waals surface area contributed by atoms with Crippen molar-refractivity contribution < 1.29 is 14.3 Å². The van der Waals surface area contributed by atoms with Crippen LogP contribution in [0.4, 0.5) is 5.00 Å². The monoisotopic (exact) mass is 370 g/mol. The van der Waals surface area contributed by atoms with E-state index in [4.69, 9.17) is 4.74 Å². The maximum Gasteiger partial charge on any atom is 0.262 e. The predicted octanol–water partition coefficient (Wildman–Crippen LogP) is 3.56. The Labute approximate surface area is 157 Å². The summed E-state index contributed by atoms with van der Waals surface area (Å²) in [6.45, 7) is 3.93. The van der Waals surface area contributed by atoms with Crippen LogP contribution in [0.2, 0.25) is 0 Å². The molecule has 1 heterocycles. The lowest BCUT2D eigenvalue weighted by molar-refractivity contribution is -0.118. The number of thiophene rings is 1. The lowest BCUT2D eigenvalue weighted by Gasteiger charge is -2.13. The van der Waals surface area contributed by atoms with E-state index < -0.39 is 0 Å². The average molecular weight is 370 g/mol. The summed E-state index contributed by atoms with van der Waals surface area (Å²) in [5.41, 5.74) is 1.67. The SMILES string of the molecule is C=CCNC(=O)c1c(NC(=O)COc2ccccc2)sc2c1CCCC2. The third kappa shape index (κ3) is 4.32. The Bertz CT molecular complexity index is 799. The number of hydrogen-bond acceptors (Lipinski definition) is 4. The smallest absolute Gasteiger partial charge is 0.262 e. The molecule has 0 saturated heterocycles. The minimum atomic E-state index is -0.273. The molecule has 0 atom stereocenters. The van der Waals surface area contributed by atoms with Gasteiger partial charge in [-0.15, -0.1) is 17.9 Å². The van der Waals surface area contributed by atoms with Gasteiger partial charge in [0.15, 0.2) is 6.61 Å². The molecule has 0 unspecified atom stereocenters. The number of anilines is 1. The van der Waals surface area contributed by atoms with Crippen molar-refractivity contribution in [2.45, 2.75) is 25.7 Å². The molecule has 2 N–H and O–H groups in total. The standard InChI is InChI=1S/C20H22N2O3S/c1-2-12-21-19(24)18-15-10-6-7-11-16(15)26-20(18)22-17(23)13-25-14-8-4-3-5-9-14/h2-5,8-9H,1,6-7,10-13H2,(H,21,24)(H,22,23). The van der Waals surface area contributed by atoms with Gasteiger partial charge < -0.3 is 15.4 Å². The van der Waals surface area contributed by atoms with E-state index in [1.807, 2.05) is 18.2 Å². The summed E-state index contributed by atoms with van der Waals surface area (Å²) in [4.78, 5) is 26.1. The number of nitrogens with one attached hydrogen (secondary N) is 2. The van der Waals surface area contributed by atoms with Crippen LogP contribution in [-0.4, -0.2) is 25.0 Å². The molecule has 0 aliphatic heterocycles. The van der Waals surface area contributed by atoms with Crippen LogP contribution in [0.25, 0.3) is 0 Å². The van der Waals surface area contributed by atoms with Gasteiger partial charge in [0, 0.05) is 11.4 Å². The first-order chi connectivity index (χ1) is 12.7. The van der Waals surface area contributed by atoms with E-state index in [-0.39, 0.29) is 18.4 Å². The number of amides is 2. The number of carbonyl (C=O) groups excluding carboxylic acids is 2. The van der Waals surface area contributed by atoms with Gasteiger partial charge in [-0.3, -0.25) is 9.59 Å². The fourth-order valence-electron chi connectivity index (χ4n) is 2.98. The van der Waals surface area contributed by atoms with Gasteiger partial charge in [0.2, 0.25) is 0 Å². The molecule has 1 aromatic heterocycles. The number of fused-ring (bicyclic) bond motifs is 1. The molecule has 1 aliphatic carbocycles. The van der Waals surface area contributed by atoms with Gasteiger partial charge in [-0.05, 0) is 43.4 Å². The first kappa shape index (κ1) is 18.2. The molecule has 1 aromatic carbocycles. The molecule has 0 fully saturated rings. The van der Waals surface area contributed by atoms with Gasteiger partial charge in [0.1, 0.15) is 10.8 Å². The minimum absolute atomic E-state index is 0.0969. The van der Waals surface area contributed by atoms with E-state index in [9.17, 15) is 9.59 Å². The first-order valence-electron chi connectivity index (χ1n) is 8.70. The van der Waals surface area contributed by atoms with Crippen molar-refractivity contribution in [2.75, 3.05) is 18.5 Å². The summed E-state index contributed by atoms with van der Waals surface area (Å²) in [6.07, 6.45) is 5.65. The summed E-state index contributed by atoms with van der Waals surface area (Å²) in [7, 11) is 0. The van der Waals surface area contributed by atoms with E-state index >= 15 is 0 Å². The van der Waals surface area contributed by atoms with E-state index in [2.05, 4.69) is 17.2 Å². The Kier molecular flexibility index (Phi) is 6.07. The van der Waals surface area contributed by atoms with E-state index in [1.165, 1.54) is 16.2 Å². The summed E-state index contributed by atoms with van der Waals surface area (Å²) in [6, 6.07) is 9.18. The summed E-state index contributed by atoms with van der Waals surface area (Å²) < 4.78 is 5.49. The highest BCUT2D eigenvalue weighted by atomic mass is 32.1. The molecule has 2 aromatic rings. The van der Waals surface area contributed by atoms with Crippen molar-refractivity contribution in [3.8, 4) is 5.75 Å². The number of aryl methyl sites for hydroxylation is 1. The third-order valence-corrected chi connectivity index (χ3v) is 5.38. The maximum absolute atomic E-state index is 12.6. The molecule has 1 aliphatic rings. The molecular weight excluding hydrogens is 348 g/mol. The lowest BCUT2D eigenvalue weighted by atomic mass is 9.95. The highest BCUT2D eigenvalue weighted by Gasteiger charge is 2.26. The zero-order valence-corrected chi connectivity index (χ0v) is 15.4. The average Bonchev–Trinajstić information content (AvgIpc) is 3.03. The van der Waals surface area contributed by atoms with Crippen LogP contribution in [0.3, 0.4) is 0 Å². The molecule has 26 heavy (non-hydrogen) atoms. The molecule has 2 amide bonds. The highest BCUT2D eigenvalue weighted by Crippen LogP contribution is 2.38. The van der Waals surface area contributed by atoms with Gasteiger partial charge in [-0.2, -0.15) is 0 Å². The van der Waals surface area contributed by atoms with Crippen molar-refractivity contribution in [1.29, 1.82) is 0 Å². The molecular formula is C20H22N2O3S. The molecule has 0 bridgehead atoms. The zero-order chi connectivity index (χ0) is 18.4. The second-order valence-corrected chi connectivity index (χ2v) is 7.17. The van der Waals surface area contributed by atoms with E-state index in [1.54, 1.807) is 18.2 Å². The van der Waals surface area contributed by atoms with Crippen LogP contribution in [-0.2, 0) is 17.6 Å². The summed E-state index contributed by atoms with van der Waals surface area (Å²) >= 11 is 1.50. The predicted molar refractivity (Wildman–Crippen MR) is 104 cm³/mol. The second-order valence-electron chi connectivity index (χ2n) is 6.06. The van der Waals surface area contributed by atoms with Crippen LogP contribution in [0.15, 0.2) is 43.0 Å². The highest BCUT2D eigenvalue weighted by molar-refractivity contribution is 7.17. The van der Waals surface area contributed by atoms with Crippen molar-refractivity contribution in [1.82, 2.24) is 5.32 Å². The van der Waals surface area contributed by atoms with Gasteiger partial charge in [-0.1, -0.05) is 24.3 Å². The van der Waals surface area contributed by atoms with Crippen molar-refractivity contribution in [2.24, 2.45) is 0 Å². The number of rotatable bonds is 7. The molecule has 5 nitrogen and oxygen atoms in total. The van der Waals surface area contributed by atoms with Gasteiger partial charge >= 0.3 is 0 Å². The van der Waals surface area contributed by atoms with Gasteiger partial charge in [0.05, 0.1) is 5.56 Å². The van der Waals surface area contributed by atoms with Gasteiger partial charge in [0.25, 0.3) is 11.8 Å². The number of para-hydroxylation sites is 1. The first-order valence-corrected chi connectivity index (χ1v) is 9.52. The Hall–Kier alpha value is -2.60. The Balaban J connectivity index is 1.73. The Morgan fingerprint density at radius 3 is 2.73 bits per heavy atom. The largest absolute Gasteiger partial charge is 0.484 e. The summed E-state index contributed by atoms with van der Waals surface area (Å²) in [5.74, 6) is 0.200. The third-order valence-electron chi connectivity index (χ3n) is 4.17.